The summed E-state index contributed by atoms with van der Waals surface area (Å²) in [5, 5.41) is 7.00. The van der Waals surface area contributed by atoms with Crippen LogP contribution in [0.5, 0.6) is 0 Å². The first kappa shape index (κ1) is 80.4. The molecule has 0 saturated carbocycles. The van der Waals surface area contributed by atoms with Crippen molar-refractivity contribution in [2.75, 3.05) is 18.9 Å². The van der Waals surface area contributed by atoms with Gasteiger partial charge in [0.1, 0.15) is 0 Å². The number of benzene rings is 4. The second-order valence-electron chi connectivity index (χ2n) is 19.3. The second-order valence-corrected chi connectivity index (χ2v) is 20.0. The zero-order valence-corrected chi connectivity index (χ0v) is 63.7. The van der Waals surface area contributed by atoms with Crippen molar-refractivity contribution in [3.05, 3.63) is 208 Å². The van der Waals surface area contributed by atoms with E-state index in [9.17, 15) is 0 Å². The minimum atomic E-state index is 0. The molecule has 20 heteroatoms. The van der Waals surface area contributed by atoms with E-state index in [1.54, 1.807) is 0 Å². The van der Waals surface area contributed by atoms with E-state index in [2.05, 4.69) is 146 Å². The summed E-state index contributed by atoms with van der Waals surface area (Å²) in [5.41, 5.74) is 34.0. The first-order valence-electron chi connectivity index (χ1n) is 24.5. The van der Waals surface area contributed by atoms with Crippen LogP contribution in [0.25, 0.3) is 0 Å². The Kier molecular flexibility index (Phi) is 36.6. The van der Waals surface area contributed by atoms with Crippen LogP contribution in [0.2, 0.25) is 0 Å². The molecule has 8 bridgehead atoms. The van der Waals surface area contributed by atoms with Crippen molar-refractivity contribution >= 4 is 23.2 Å². The summed E-state index contributed by atoms with van der Waals surface area (Å²) >= 11 is 10.1. The molecular formula is C59H78Cl6Hg2N8O4. The van der Waals surface area contributed by atoms with Gasteiger partial charge in [0.15, 0.2) is 0 Å². The Hall–Kier alpha value is -2.83. The van der Waals surface area contributed by atoms with Crippen molar-refractivity contribution in [1.29, 1.82) is 0 Å². The molecule has 0 saturated heterocycles. The van der Waals surface area contributed by atoms with Crippen LogP contribution in [0.4, 0.5) is 0 Å². The first-order chi connectivity index (χ1) is 33.6. The smallest absolute Gasteiger partial charge is 1.00 e. The maximum atomic E-state index is 7.00. The molecule has 0 unspecified atom stereocenters. The van der Waals surface area contributed by atoms with Gasteiger partial charge in [0.05, 0.1) is 25.3 Å². The van der Waals surface area contributed by atoms with Crippen molar-refractivity contribution in [2.24, 2.45) is 0 Å². The van der Waals surface area contributed by atoms with Gasteiger partial charge in [-0.2, -0.15) is 0 Å². The number of hydrogen-bond acceptors (Lipinski definition) is 5. The van der Waals surface area contributed by atoms with E-state index in [4.69, 9.17) is 28.3 Å². The van der Waals surface area contributed by atoms with Gasteiger partial charge in [0.25, 0.3) is 0 Å². The molecule has 0 spiro atoms. The number of hydrogen-bond donors (Lipinski definition) is 1. The van der Waals surface area contributed by atoms with Crippen molar-refractivity contribution in [3.8, 4) is 0 Å². The number of aromatic nitrogens is 8. The van der Waals surface area contributed by atoms with Crippen LogP contribution in [0, 0.1) is 83.1 Å². The molecule has 79 heavy (non-hydrogen) atoms. The summed E-state index contributed by atoms with van der Waals surface area (Å²) in [6, 6.07) is 0. The van der Waals surface area contributed by atoms with E-state index >= 15 is 0 Å². The Bertz CT molecular complexity index is 2600. The molecule has 4 aromatic heterocycles. The summed E-state index contributed by atoms with van der Waals surface area (Å²) < 4.78 is 8.94. The van der Waals surface area contributed by atoms with E-state index in [0.717, 1.165) is 59.0 Å². The van der Waals surface area contributed by atoms with Gasteiger partial charge in [-0.1, -0.05) is 0 Å². The van der Waals surface area contributed by atoms with Gasteiger partial charge < -0.3 is 89.4 Å². The van der Waals surface area contributed by atoms with E-state index in [0.29, 0.717) is 11.8 Å². The quantitative estimate of drug-likeness (QED) is 0.125. The molecule has 424 valence electrons. The topological polar surface area (TPSA) is 186 Å². The van der Waals surface area contributed by atoms with Gasteiger partial charge in [-0.25, -0.2) is 19.9 Å². The molecule has 0 aliphatic heterocycles. The number of halogens is 6. The predicted molar refractivity (Wildman–Crippen MR) is 300 cm³/mol. The molecule has 4 aromatic carbocycles. The Morgan fingerprint density at radius 3 is 0.595 bits per heavy atom. The molecule has 1 aliphatic rings. The fraction of sp³-hybridized carbons (Fsp3) is 0.390. The third kappa shape index (κ3) is 16.9. The van der Waals surface area contributed by atoms with Gasteiger partial charge in [-0.05, 0) is 242 Å². The Balaban J connectivity index is -0.00000369. The number of rotatable bonds is 9. The van der Waals surface area contributed by atoms with Crippen LogP contribution < -0.4 is 49.6 Å². The van der Waals surface area contributed by atoms with E-state index in [1.807, 2.05) is 50.1 Å². The van der Waals surface area contributed by atoms with Crippen LogP contribution in [0.15, 0.2) is 74.9 Å². The van der Waals surface area contributed by atoms with E-state index in [1.165, 1.54) is 134 Å². The molecule has 8 aromatic rings. The summed E-state index contributed by atoms with van der Waals surface area (Å²) in [6.45, 7) is 31.8. The molecule has 9 rings (SSSR count). The van der Waals surface area contributed by atoms with Gasteiger partial charge in [0, 0.05) is 94.6 Å². The second kappa shape index (κ2) is 36.0. The number of imidazole rings is 4. The zero-order valence-electron chi connectivity index (χ0n) is 48.2. The van der Waals surface area contributed by atoms with Crippen LogP contribution >= 0.6 is 23.2 Å². The minimum absolute atomic E-state index is 0. The summed E-state index contributed by atoms with van der Waals surface area (Å²) in [5.74, 6) is 1.11. The van der Waals surface area contributed by atoms with Gasteiger partial charge in [-0.3, -0.25) is 0 Å². The van der Waals surface area contributed by atoms with Crippen LogP contribution in [-0.4, -0.2) is 78.6 Å². The molecule has 4 heterocycles. The molecule has 12 nitrogen and oxygen atoms in total. The van der Waals surface area contributed by atoms with Gasteiger partial charge in [0.2, 0.25) is 0 Å². The summed E-state index contributed by atoms with van der Waals surface area (Å²) in [4.78, 5) is 17.9. The first-order valence-corrected chi connectivity index (χ1v) is 25.5. The van der Waals surface area contributed by atoms with Crippen molar-refractivity contribution in [2.45, 2.75) is 135 Å². The molecular weight excluding hydrogens is 1500 g/mol. The fourth-order valence-electron chi connectivity index (χ4n) is 11.6. The monoisotopic (exact) mass is 1580 g/mol. The standard InChI is InChI=1S/C56H64N8.C2H4Cl2.CH4O.4ClH.2Hg.3H2O/c1-33-45-21-47-34(2)49(41(9)54(39(47)7)26-62-18-14-58-30-62)23-51-36(4)52(44(12)56(43(51)11)28-64-20-16-60-32-64)24-50-35(3)48(40(8)55(42(50)10)27-63-19-15-59-31-63)22-46(33)38(6)53(37(45)5)25-61-17-13-57-29-61;3-1-2-4;1-2;;;;;;;;;/h13-20,29-32H,21-28H2,1-12H3;1-2H2;2H,1H3;4*1H;;;3*1H2/q;;;;;;;2*+2;;;/p-4. The van der Waals surface area contributed by atoms with Crippen LogP contribution in [0.1, 0.15) is 134 Å². The zero-order chi connectivity index (χ0) is 50.6. The number of alkyl halides is 2. The molecule has 0 fully saturated rings. The number of nitrogens with zero attached hydrogens (tertiary/aromatic N) is 8. The van der Waals surface area contributed by atoms with Gasteiger partial charge >= 0.3 is 55.3 Å². The maximum absolute atomic E-state index is 7.00. The third-order valence-corrected chi connectivity index (χ3v) is 16.5. The average Bonchev–Trinajstić information content (AvgIpc) is 4.22. The average molecular weight is 1580 g/mol. The third-order valence-electron chi connectivity index (χ3n) is 15.9. The molecule has 0 radical (unpaired) electrons. The minimum Gasteiger partial charge on any atom is -1.00 e. The SMILES string of the molecule is CO.Cc1c2c(C)c(Cn3ccnc3)c(C)c1Cc1c(C)c(c(C)c(Cn3ccnc3)c1C)Cc1c(C)c(c(C)c(Cn3ccnc3)c1C)Cc1c(C)c(c(C)c(Cn3ccnc3)c1C)C2.ClCCCl.O.O.O.[Cl-].[Cl-].[Cl-].[Cl-].[Hg+2].[Hg+2]. The number of aliphatic hydroxyl groups is 1. The molecule has 1 aliphatic carbocycles. The normalized spacial score (nSPS) is 10.7. The fourth-order valence-corrected chi connectivity index (χ4v) is 11.6. The number of fused-ring (bicyclic) bond motifs is 8. The Labute approximate surface area is 545 Å². The summed E-state index contributed by atoms with van der Waals surface area (Å²) in [6.07, 6.45) is 27.3. The Morgan fingerprint density at radius 1 is 0.329 bits per heavy atom. The Morgan fingerprint density at radius 2 is 0.481 bits per heavy atom. The summed E-state index contributed by atoms with van der Waals surface area (Å²) in [7, 11) is 1.00. The number of aliphatic hydroxyl groups excluding tert-OH is 1. The van der Waals surface area contributed by atoms with E-state index in [-0.39, 0.29) is 121 Å². The van der Waals surface area contributed by atoms with Crippen molar-refractivity contribution < 1.29 is 127 Å². The molecule has 0 amide bonds. The molecule has 7 N–H and O–H groups in total. The predicted octanol–water partition coefficient (Wildman–Crippen LogP) is -2.35. The van der Waals surface area contributed by atoms with Crippen molar-refractivity contribution in [1.82, 2.24) is 38.2 Å². The largest absolute Gasteiger partial charge is 2.00 e. The van der Waals surface area contributed by atoms with Crippen molar-refractivity contribution in [3.63, 3.8) is 0 Å². The van der Waals surface area contributed by atoms with E-state index < -0.39 is 0 Å². The van der Waals surface area contributed by atoms with Crippen LogP contribution in [-0.2, 0) is 107 Å². The van der Waals surface area contributed by atoms with Crippen LogP contribution in [0.3, 0.4) is 0 Å². The van der Waals surface area contributed by atoms with Gasteiger partial charge in [-0.15, -0.1) is 23.2 Å². The molecule has 0 atom stereocenters. The maximum Gasteiger partial charge on any atom is 2.00 e.